The van der Waals surface area contributed by atoms with Crippen molar-refractivity contribution >= 4 is 31.5 Å². The number of pyridine rings is 1. The fraction of sp³-hybridized carbons (Fsp3) is 0.312. The maximum Gasteiger partial charge on any atom is 0.211 e. The molecule has 1 N–H and O–H groups in total. The van der Waals surface area contributed by atoms with Gasteiger partial charge in [-0.1, -0.05) is 24.3 Å². The summed E-state index contributed by atoms with van der Waals surface area (Å²) in [4.78, 5) is 4.08. The number of aromatic nitrogens is 1. The van der Waals surface area contributed by atoms with Gasteiger partial charge in [0.1, 0.15) is 5.25 Å². The second-order valence-corrected chi connectivity index (χ2v) is 9.78. The van der Waals surface area contributed by atoms with Gasteiger partial charge in [0, 0.05) is 24.8 Å². The molecular formula is C16H19ClN2O4S2. The first-order chi connectivity index (χ1) is 11.9. The van der Waals surface area contributed by atoms with Crippen molar-refractivity contribution in [1.29, 1.82) is 0 Å². The van der Waals surface area contributed by atoms with Crippen LogP contribution in [-0.4, -0.2) is 40.0 Å². The van der Waals surface area contributed by atoms with Crippen LogP contribution in [0.3, 0.4) is 0 Å². The molecule has 9 heteroatoms. The lowest BCUT2D eigenvalue weighted by Gasteiger charge is -2.18. The molecule has 0 saturated heterocycles. The molecule has 0 unspecified atom stereocenters. The summed E-state index contributed by atoms with van der Waals surface area (Å²) in [6.07, 6.45) is 3.25. The van der Waals surface area contributed by atoms with E-state index in [0.717, 1.165) is 0 Å². The first-order valence-electron chi connectivity index (χ1n) is 7.59. The van der Waals surface area contributed by atoms with Gasteiger partial charge in [-0.3, -0.25) is 4.98 Å². The molecule has 2 aromatic rings. The Morgan fingerprint density at radius 2 is 1.76 bits per heavy atom. The third-order valence-corrected chi connectivity index (χ3v) is 7.35. The van der Waals surface area contributed by atoms with Crippen molar-refractivity contribution in [2.75, 3.05) is 18.2 Å². The van der Waals surface area contributed by atoms with Crippen molar-refractivity contribution in [3.8, 4) is 0 Å². The van der Waals surface area contributed by atoms with Crippen molar-refractivity contribution in [1.82, 2.24) is 9.71 Å². The molecule has 0 radical (unpaired) electrons. The smallest absolute Gasteiger partial charge is 0.211 e. The summed E-state index contributed by atoms with van der Waals surface area (Å²) >= 11 is 5.52. The first-order valence-corrected chi connectivity index (χ1v) is 11.3. The second kappa shape index (κ2) is 8.75. The maximum atomic E-state index is 13.0. The number of benzene rings is 1. The van der Waals surface area contributed by atoms with Crippen molar-refractivity contribution in [3.63, 3.8) is 0 Å². The number of halogens is 1. The highest BCUT2D eigenvalue weighted by Gasteiger charge is 2.30. The van der Waals surface area contributed by atoms with E-state index in [1.807, 2.05) is 0 Å². The van der Waals surface area contributed by atoms with E-state index in [2.05, 4.69) is 9.71 Å². The Balaban J connectivity index is 2.32. The van der Waals surface area contributed by atoms with Crippen LogP contribution in [0.4, 0.5) is 0 Å². The number of hydrogen-bond donors (Lipinski definition) is 1. The topological polar surface area (TPSA) is 93.2 Å². The molecule has 1 aromatic carbocycles. The lowest BCUT2D eigenvalue weighted by molar-refractivity contribution is 0.568. The van der Waals surface area contributed by atoms with Gasteiger partial charge >= 0.3 is 0 Å². The van der Waals surface area contributed by atoms with Gasteiger partial charge in [-0.25, -0.2) is 21.6 Å². The zero-order chi connectivity index (χ0) is 18.3. The molecule has 0 aliphatic carbocycles. The van der Waals surface area contributed by atoms with E-state index in [4.69, 9.17) is 11.6 Å². The minimum absolute atomic E-state index is 0.129. The molecule has 1 atom stereocenters. The largest absolute Gasteiger partial charge is 0.264 e. The predicted octanol–water partition coefficient (Wildman–Crippen LogP) is 2.14. The lowest BCUT2D eigenvalue weighted by atomic mass is 10.2. The highest BCUT2D eigenvalue weighted by molar-refractivity contribution is 7.92. The van der Waals surface area contributed by atoms with Crippen LogP contribution in [0.5, 0.6) is 0 Å². The molecule has 25 heavy (non-hydrogen) atoms. The summed E-state index contributed by atoms with van der Waals surface area (Å²) in [5, 5.41) is -1.07. The van der Waals surface area contributed by atoms with Gasteiger partial charge < -0.3 is 0 Å². The summed E-state index contributed by atoms with van der Waals surface area (Å²) in [6, 6.07) is 11.2. The predicted molar refractivity (Wildman–Crippen MR) is 97.7 cm³/mol. The lowest BCUT2D eigenvalue weighted by Crippen LogP contribution is -2.33. The van der Waals surface area contributed by atoms with Gasteiger partial charge in [0.25, 0.3) is 0 Å². The van der Waals surface area contributed by atoms with Gasteiger partial charge in [-0.2, -0.15) is 0 Å². The highest BCUT2D eigenvalue weighted by Crippen LogP contribution is 2.28. The molecule has 0 spiro atoms. The van der Waals surface area contributed by atoms with Crippen molar-refractivity contribution in [2.24, 2.45) is 0 Å². The van der Waals surface area contributed by atoms with Crippen LogP contribution >= 0.6 is 11.6 Å². The fourth-order valence-electron chi connectivity index (χ4n) is 2.27. The van der Waals surface area contributed by atoms with Crippen LogP contribution in [0.15, 0.2) is 59.8 Å². The Bertz CT molecular complexity index is 873. The van der Waals surface area contributed by atoms with Crippen molar-refractivity contribution in [3.05, 3.63) is 60.4 Å². The maximum absolute atomic E-state index is 13.0. The van der Waals surface area contributed by atoms with E-state index in [9.17, 15) is 16.8 Å². The molecule has 1 heterocycles. The molecule has 0 fully saturated rings. The summed E-state index contributed by atoms with van der Waals surface area (Å²) in [5.41, 5.74) is 0.423. The van der Waals surface area contributed by atoms with Gasteiger partial charge in [0.15, 0.2) is 9.84 Å². The SMILES string of the molecule is O=S(=O)(CCCCl)NC[C@@H](c1cccnc1)S(=O)(=O)c1ccccc1. The molecule has 6 nitrogen and oxygen atoms in total. The van der Waals surface area contributed by atoms with E-state index in [0.29, 0.717) is 12.0 Å². The average Bonchev–Trinajstić information content (AvgIpc) is 2.61. The van der Waals surface area contributed by atoms with Crippen LogP contribution in [0.1, 0.15) is 17.2 Å². The molecule has 0 aliphatic rings. The van der Waals surface area contributed by atoms with Crippen molar-refractivity contribution in [2.45, 2.75) is 16.6 Å². The number of rotatable bonds is 9. The molecule has 0 saturated carbocycles. The van der Waals surface area contributed by atoms with E-state index < -0.39 is 25.1 Å². The Labute approximate surface area is 153 Å². The number of nitrogens with one attached hydrogen (secondary N) is 1. The van der Waals surface area contributed by atoms with Crippen LogP contribution in [-0.2, 0) is 19.9 Å². The third-order valence-electron chi connectivity index (χ3n) is 3.54. The monoisotopic (exact) mass is 402 g/mol. The highest BCUT2D eigenvalue weighted by atomic mass is 35.5. The summed E-state index contributed by atoms with van der Waals surface area (Å²) < 4.78 is 52.4. The Hall–Kier alpha value is -1.48. The van der Waals surface area contributed by atoms with Crippen molar-refractivity contribution < 1.29 is 16.8 Å². The number of sulfone groups is 1. The van der Waals surface area contributed by atoms with Gasteiger partial charge in [-0.05, 0) is 30.2 Å². The summed E-state index contributed by atoms with van der Waals surface area (Å²) in [7, 11) is -7.40. The minimum atomic E-state index is -3.79. The van der Waals surface area contributed by atoms with E-state index in [1.165, 1.54) is 24.5 Å². The summed E-state index contributed by atoms with van der Waals surface area (Å²) in [5.74, 6) is 0.0664. The molecule has 0 bridgehead atoms. The minimum Gasteiger partial charge on any atom is -0.264 e. The van der Waals surface area contributed by atoms with E-state index in [-0.39, 0.29) is 23.1 Å². The van der Waals surface area contributed by atoms with Gasteiger partial charge in [0.2, 0.25) is 10.0 Å². The normalized spacial score (nSPS) is 13.5. The zero-order valence-electron chi connectivity index (χ0n) is 13.4. The van der Waals surface area contributed by atoms with Crippen LogP contribution in [0, 0.1) is 0 Å². The van der Waals surface area contributed by atoms with Crippen LogP contribution < -0.4 is 4.72 Å². The van der Waals surface area contributed by atoms with E-state index >= 15 is 0 Å². The summed E-state index contributed by atoms with van der Waals surface area (Å²) in [6.45, 7) is -0.270. The number of hydrogen-bond acceptors (Lipinski definition) is 5. The Morgan fingerprint density at radius 1 is 1.04 bits per heavy atom. The third kappa shape index (κ3) is 5.50. The Kier molecular flexibility index (Phi) is 6.95. The number of sulfonamides is 1. The fourth-order valence-corrected chi connectivity index (χ4v) is 5.42. The molecular weight excluding hydrogens is 384 g/mol. The quantitative estimate of drug-likeness (QED) is 0.648. The van der Waals surface area contributed by atoms with Gasteiger partial charge in [0.05, 0.1) is 10.6 Å². The molecule has 1 aromatic heterocycles. The molecule has 0 amide bonds. The van der Waals surface area contributed by atoms with Crippen LogP contribution in [0.25, 0.3) is 0 Å². The average molecular weight is 403 g/mol. The number of alkyl halides is 1. The van der Waals surface area contributed by atoms with Crippen LogP contribution in [0.2, 0.25) is 0 Å². The molecule has 0 aliphatic heterocycles. The second-order valence-electron chi connectivity index (χ2n) is 5.34. The standard InChI is InChI=1S/C16H19ClN2O4S2/c17-9-5-11-24(20,21)19-13-16(14-6-4-10-18-12-14)25(22,23)15-7-2-1-3-8-15/h1-4,6-8,10,12,16,19H,5,9,11,13H2/t16-/m0/s1. The first kappa shape index (κ1) is 19.8. The van der Waals surface area contributed by atoms with E-state index in [1.54, 1.807) is 30.3 Å². The van der Waals surface area contributed by atoms with Gasteiger partial charge in [-0.15, -0.1) is 11.6 Å². The Morgan fingerprint density at radius 3 is 2.36 bits per heavy atom. The number of nitrogens with zero attached hydrogens (tertiary/aromatic N) is 1. The molecule has 2 rings (SSSR count). The molecule has 136 valence electrons. The zero-order valence-corrected chi connectivity index (χ0v) is 15.8.